The summed E-state index contributed by atoms with van der Waals surface area (Å²) in [4.78, 5) is 2.32. The van der Waals surface area contributed by atoms with E-state index in [-0.39, 0.29) is 0 Å². The molecule has 0 aliphatic heterocycles. The zero-order valence-electron chi connectivity index (χ0n) is 12.4. The Kier molecular flexibility index (Phi) is 7.42. The second-order valence-electron chi connectivity index (χ2n) is 5.22. The fraction of sp³-hybridized carbons (Fsp3) is 0.600. The first kappa shape index (κ1) is 16.5. The molecule has 108 valence electrons. The van der Waals surface area contributed by atoms with E-state index in [1.165, 1.54) is 11.3 Å². The number of nitrogens with one attached hydrogen (secondary N) is 1. The minimum atomic E-state index is 0.656. The molecule has 1 aromatic rings. The second kappa shape index (κ2) is 8.56. The molecule has 4 heteroatoms. The van der Waals surface area contributed by atoms with Crippen molar-refractivity contribution in [3.63, 3.8) is 0 Å². The maximum Gasteiger partial charge on any atom is 0.0587 e. The Morgan fingerprint density at radius 1 is 1.37 bits per heavy atom. The lowest BCUT2D eigenvalue weighted by atomic mass is 10.1. The van der Waals surface area contributed by atoms with Gasteiger partial charge < -0.3 is 15.0 Å². The van der Waals surface area contributed by atoms with Crippen molar-refractivity contribution < 1.29 is 4.74 Å². The van der Waals surface area contributed by atoms with Crippen molar-refractivity contribution >= 4 is 21.6 Å². The summed E-state index contributed by atoms with van der Waals surface area (Å²) >= 11 is 3.55. The van der Waals surface area contributed by atoms with Crippen LogP contribution in [-0.2, 0) is 11.3 Å². The maximum absolute atomic E-state index is 5.05. The number of nitrogens with zero attached hydrogens (tertiary/aromatic N) is 1. The molecule has 1 aromatic carbocycles. The molecule has 0 saturated heterocycles. The van der Waals surface area contributed by atoms with Gasteiger partial charge in [-0.05, 0) is 29.7 Å². The Bertz CT molecular complexity index is 382. The Balaban J connectivity index is 2.73. The SMILES string of the molecule is COCCNCc1cc(Br)ccc1N(C)CC(C)C. The zero-order valence-corrected chi connectivity index (χ0v) is 14.0. The van der Waals surface area contributed by atoms with Gasteiger partial charge in [0.2, 0.25) is 0 Å². The summed E-state index contributed by atoms with van der Waals surface area (Å²) in [7, 11) is 3.88. The fourth-order valence-electron chi connectivity index (χ4n) is 2.11. The topological polar surface area (TPSA) is 24.5 Å². The summed E-state index contributed by atoms with van der Waals surface area (Å²) in [5.74, 6) is 0.656. The number of benzene rings is 1. The van der Waals surface area contributed by atoms with Crippen molar-refractivity contribution in [3.05, 3.63) is 28.2 Å². The van der Waals surface area contributed by atoms with Gasteiger partial charge in [-0.25, -0.2) is 0 Å². The third kappa shape index (κ3) is 5.93. The van der Waals surface area contributed by atoms with Crippen LogP contribution in [0.2, 0.25) is 0 Å². The van der Waals surface area contributed by atoms with E-state index in [4.69, 9.17) is 4.74 Å². The van der Waals surface area contributed by atoms with Gasteiger partial charge >= 0.3 is 0 Å². The molecule has 0 heterocycles. The van der Waals surface area contributed by atoms with Crippen LogP contribution in [0.25, 0.3) is 0 Å². The standard InChI is InChI=1S/C15H25BrN2O/c1-12(2)11-18(3)15-6-5-14(16)9-13(15)10-17-7-8-19-4/h5-6,9,12,17H,7-8,10-11H2,1-4H3. The number of hydrogen-bond acceptors (Lipinski definition) is 3. The van der Waals surface area contributed by atoms with Gasteiger partial charge in [-0.2, -0.15) is 0 Å². The molecule has 0 amide bonds. The van der Waals surface area contributed by atoms with Crippen LogP contribution in [0.3, 0.4) is 0 Å². The van der Waals surface area contributed by atoms with Crippen LogP contribution in [0.4, 0.5) is 5.69 Å². The second-order valence-corrected chi connectivity index (χ2v) is 6.13. The van der Waals surface area contributed by atoms with Gasteiger partial charge in [0.15, 0.2) is 0 Å². The van der Waals surface area contributed by atoms with Gasteiger partial charge in [0.05, 0.1) is 6.61 Å². The molecule has 0 fully saturated rings. The Morgan fingerprint density at radius 2 is 2.11 bits per heavy atom. The molecule has 0 aliphatic carbocycles. The molecule has 0 spiro atoms. The number of rotatable bonds is 8. The third-order valence-corrected chi connectivity index (χ3v) is 3.38. The fourth-order valence-corrected chi connectivity index (χ4v) is 2.52. The lowest BCUT2D eigenvalue weighted by Gasteiger charge is -2.24. The van der Waals surface area contributed by atoms with Gasteiger partial charge in [-0.3, -0.25) is 0 Å². The molecule has 0 radical (unpaired) electrons. The Hall–Kier alpha value is -0.580. The van der Waals surface area contributed by atoms with E-state index in [1.807, 2.05) is 0 Å². The molecule has 19 heavy (non-hydrogen) atoms. The quantitative estimate of drug-likeness (QED) is 0.741. The van der Waals surface area contributed by atoms with Crippen LogP contribution in [-0.4, -0.2) is 33.9 Å². The summed E-state index contributed by atoms with van der Waals surface area (Å²) in [6, 6.07) is 6.47. The molecule has 3 nitrogen and oxygen atoms in total. The van der Waals surface area contributed by atoms with Crippen molar-refractivity contribution in [2.24, 2.45) is 5.92 Å². The summed E-state index contributed by atoms with van der Waals surface area (Å²) in [6.07, 6.45) is 0. The number of hydrogen-bond donors (Lipinski definition) is 1. The highest BCUT2D eigenvalue weighted by Gasteiger charge is 2.09. The highest BCUT2D eigenvalue weighted by Crippen LogP contribution is 2.24. The van der Waals surface area contributed by atoms with Crippen molar-refractivity contribution in [1.29, 1.82) is 0 Å². The van der Waals surface area contributed by atoms with Crippen LogP contribution in [0, 0.1) is 5.92 Å². The molecular weight excluding hydrogens is 304 g/mol. The molecule has 0 bridgehead atoms. The van der Waals surface area contributed by atoms with E-state index in [2.05, 4.69) is 65.2 Å². The monoisotopic (exact) mass is 328 g/mol. The van der Waals surface area contributed by atoms with Crippen LogP contribution >= 0.6 is 15.9 Å². The zero-order chi connectivity index (χ0) is 14.3. The maximum atomic E-state index is 5.05. The first-order valence-corrected chi connectivity index (χ1v) is 7.53. The van der Waals surface area contributed by atoms with Crippen LogP contribution in [0.15, 0.2) is 22.7 Å². The third-order valence-electron chi connectivity index (χ3n) is 2.89. The minimum Gasteiger partial charge on any atom is -0.383 e. The van der Waals surface area contributed by atoms with Crippen molar-refractivity contribution in [2.45, 2.75) is 20.4 Å². The molecular formula is C15H25BrN2O. The first-order valence-electron chi connectivity index (χ1n) is 6.73. The van der Waals surface area contributed by atoms with Crippen molar-refractivity contribution in [1.82, 2.24) is 5.32 Å². The number of anilines is 1. The van der Waals surface area contributed by atoms with Gasteiger partial charge in [-0.15, -0.1) is 0 Å². The predicted molar refractivity (Wildman–Crippen MR) is 85.8 cm³/mol. The predicted octanol–water partition coefficient (Wildman–Crippen LogP) is 3.28. The first-order chi connectivity index (χ1) is 9.04. The minimum absolute atomic E-state index is 0.656. The van der Waals surface area contributed by atoms with E-state index < -0.39 is 0 Å². The lowest BCUT2D eigenvalue weighted by Crippen LogP contribution is -2.25. The van der Waals surface area contributed by atoms with Crippen molar-refractivity contribution in [2.75, 3.05) is 38.8 Å². The molecule has 0 saturated carbocycles. The molecule has 1 N–H and O–H groups in total. The normalized spacial score (nSPS) is 11.1. The Labute approximate surface area is 125 Å². The average Bonchev–Trinajstić information content (AvgIpc) is 2.34. The molecule has 0 aliphatic rings. The van der Waals surface area contributed by atoms with E-state index in [0.717, 1.165) is 30.7 Å². The van der Waals surface area contributed by atoms with E-state index in [9.17, 15) is 0 Å². The van der Waals surface area contributed by atoms with Crippen LogP contribution in [0.5, 0.6) is 0 Å². The smallest absolute Gasteiger partial charge is 0.0587 e. The number of ether oxygens (including phenoxy) is 1. The highest BCUT2D eigenvalue weighted by atomic mass is 79.9. The highest BCUT2D eigenvalue weighted by molar-refractivity contribution is 9.10. The Morgan fingerprint density at radius 3 is 2.74 bits per heavy atom. The summed E-state index contributed by atoms with van der Waals surface area (Å²) in [5.41, 5.74) is 2.61. The largest absolute Gasteiger partial charge is 0.383 e. The summed E-state index contributed by atoms with van der Waals surface area (Å²) < 4.78 is 6.17. The van der Waals surface area contributed by atoms with E-state index in [0.29, 0.717) is 5.92 Å². The average molecular weight is 329 g/mol. The molecule has 0 aromatic heterocycles. The van der Waals surface area contributed by atoms with Gasteiger partial charge in [0.1, 0.15) is 0 Å². The van der Waals surface area contributed by atoms with Crippen LogP contribution < -0.4 is 10.2 Å². The van der Waals surface area contributed by atoms with Gasteiger partial charge in [-0.1, -0.05) is 29.8 Å². The van der Waals surface area contributed by atoms with Gasteiger partial charge in [0.25, 0.3) is 0 Å². The number of methoxy groups -OCH3 is 1. The molecule has 0 atom stereocenters. The lowest BCUT2D eigenvalue weighted by molar-refractivity contribution is 0.199. The molecule has 0 unspecified atom stereocenters. The number of halogens is 1. The van der Waals surface area contributed by atoms with Crippen molar-refractivity contribution in [3.8, 4) is 0 Å². The van der Waals surface area contributed by atoms with Gasteiger partial charge in [0, 0.05) is 44.0 Å². The summed E-state index contributed by atoms with van der Waals surface area (Å²) in [6.45, 7) is 8.02. The van der Waals surface area contributed by atoms with E-state index in [1.54, 1.807) is 7.11 Å². The molecule has 1 rings (SSSR count). The van der Waals surface area contributed by atoms with Crippen LogP contribution in [0.1, 0.15) is 19.4 Å². The van der Waals surface area contributed by atoms with E-state index >= 15 is 0 Å². The summed E-state index contributed by atoms with van der Waals surface area (Å²) in [5, 5.41) is 3.41.